The molecule has 0 spiro atoms. The van der Waals surface area contributed by atoms with Gasteiger partial charge in [-0.1, -0.05) is 13.3 Å². The first-order valence-electron chi connectivity index (χ1n) is 6.81. The van der Waals surface area contributed by atoms with Crippen molar-refractivity contribution in [3.63, 3.8) is 0 Å². The van der Waals surface area contributed by atoms with Crippen LogP contribution < -0.4 is 5.11 Å². The molecule has 2 atom stereocenters. The van der Waals surface area contributed by atoms with E-state index < -0.39 is 5.97 Å². The minimum atomic E-state index is -1.08. The van der Waals surface area contributed by atoms with Crippen molar-refractivity contribution in [2.75, 3.05) is 20.1 Å². The standard InChI is InChI=1S/C11H20N2OS.C2H4O2/c1-3-9-12(2)10(14)11(15-9)13-7-5-4-6-8-13;1-2(3)4/h9,11H,3-8H2,1-2H3;1H3,(H,3,4)/p-1. The van der Waals surface area contributed by atoms with Gasteiger partial charge >= 0.3 is 0 Å². The maximum Gasteiger partial charge on any atom is 0.251 e. The molecule has 0 aromatic rings. The maximum absolute atomic E-state index is 12.0. The zero-order valence-corrected chi connectivity index (χ0v) is 12.7. The molecule has 1 amide bonds. The van der Waals surface area contributed by atoms with Crippen molar-refractivity contribution in [1.82, 2.24) is 9.80 Å². The van der Waals surface area contributed by atoms with Crippen molar-refractivity contribution in [1.29, 1.82) is 0 Å². The summed E-state index contributed by atoms with van der Waals surface area (Å²) >= 11 is 1.84. The Bertz CT molecular complexity index is 315. The second-order valence-corrected chi connectivity index (χ2v) is 6.15. The van der Waals surface area contributed by atoms with Crippen LogP contribution in [-0.4, -0.2) is 52.6 Å². The Kier molecular flexibility index (Phi) is 6.65. The lowest BCUT2D eigenvalue weighted by atomic mass is 10.1. The second kappa shape index (κ2) is 7.75. The first-order valence-corrected chi connectivity index (χ1v) is 7.75. The molecule has 0 aliphatic carbocycles. The first-order chi connectivity index (χ1) is 8.97. The smallest absolute Gasteiger partial charge is 0.251 e. The summed E-state index contributed by atoms with van der Waals surface area (Å²) in [5.41, 5.74) is 0. The molecule has 110 valence electrons. The van der Waals surface area contributed by atoms with Crippen LogP contribution in [-0.2, 0) is 9.59 Å². The molecule has 2 saturated heterocycles. The Labute approximate surface area is 119 Å². The van der Waals surface area contributed by atoms with Gasteiger partial charge in [0.1, 0.15) is 5.37 Å². The van der Waals surface area contributed by atoms with Gasteiger partial charge in [-0.05, 0) is 39.3 Å². The highest BCUT2D eigenvalue weighted by molar-refractivity contribution is 8.01. The summed E-state index contributed by atoms with van der Waals surface area (Å²) in [6, 6.07) is 0. The lowest BCUT2D eigenvalue weighted by Gasteiger charge is -2.30. The number of thioether (sulfide) groups is 1. The number of aliphatic carboxylic acids is 1. The molecule has 2 aliphatic heterocycles. The van der Waals surface area contributed by atoms with E-state index in [2.05, 4.69) is 11.8 Å². The molecule has 19 heavy (non-hydrogen) atoms. The highest BCUT2D eigenvalue weighted by atomic mass is 32.2. The molecule has 0 aromatic carbocycles. The molecule has 2 aliphatic rings. The number of carboxylic acids is 1. The number of likely N-dealkylation sites (N-methyl/N-ethyl adjacent to an activating group) is 1. The van der Waals surface area contributed by atoms with Crippen LogP contribution in [0.25, 0.3) is 0 Å². The van der Waals surface area contributed by atoms with Crippen LogP contribution >= 0.6 is 11.8 Å². The molecule has 2 rings (SSSR count). The summed E-state index contributed by atoms with van der Waals surface area (Å²) in [6.07, 6.45) is 4.89. The van der Waals surface area contributed by atoms with Gasteiger partial charge in [0.05, 0.1) is 5.37 Å². The molecule has 0 bridgehead atoms. The number of likely N-dealkylation sites (tertiary alicyclic amines) is 1. The van der Waals surface area contributed by atoms with Crippen molar-refractivity contribution in [3.8, 4) is 0 Å². The Morgan fingerprint density at radius 2 is 1.89 bits per heavy atom. The van der Waals surface area contributed by atoms with Crippen LogP contribution in [0.1, 0.15) is 39.5 Å². The van der Waals surface area contributed by atoms with Gasteiger partial charge in [0.15, 0.2) is 0 Å². The lowest BCUT2D eigenvalue weighted by molar-refractivity contribution is -0.302. The zero-order chi connectivity index (χ0) is 14.4. The highest BCUT2D eigenvalue weighted by Gasteiger charge is 2.40. The number of amides is 1. The Morgan fingerprint density at radius 1 is 1.37 bits per heavy atom. The number of hydrogen-bond acceptors (Lipinski definition) is 5. The van der Waals surface area contributed by atoms with E-state index in [1.54, 1.807) is 0 Å². The minimum absolute atomic E-state index is 0.111. The van der Waals surface area contributed by atoms with Crippen LogP contribution in [0.5, 0.6) is 0 Å². The van der Waals surface area contributed by atoms with Gasteiger partial charge in [0.2, 0.25) is 0 Å². The van der Waals surface area contributed by atoms with Crippen LogP contribution in [0, 0.1) is 0 Å². The van der Waals surface area contributed by atoms with E-state index in [1.807, 2.05) is 23.7 Å². The summed E-state index contributed by atoms with van der Waals surface area (Å²) in [4.78, 5) is 25.2. The number of carbonyl (C=O) groups is 2. The minimum Gasteiger partial charge on any atom is -0.550 e. The van der Waals surface area contributed by atoms with Crippen LogP contribution in [0.3, 0.4) is 0 Å². The van der Waals surface area contributed by atoms with E-state index in [4.69, 9.17) is 9.90 Å². The average Bonchev–Trinajstić information content (AvgIpc) is 2.66. The molecule has 0 radical (unpaired) electrons. The molecule has 0 aromatic heterocycles. The fourth-order valence-corrected chi connectivity index (χ4v) is 3.82. The maximum atomic E-state index is 12.0. The summed E-state index contributed by atoms with van der Waals surface area (Å²) in [5.74, 6) is -0.770. The molecule has 2 heterocycles. The van der Waals surface area contributed by atoms with Gasteiger partial charge in [-0.25, -0.2) is 0 Å². The van der Waals surface area contributed by atoms with E-state index in [0.29, 0.717) is 11.3 Å². The molecule has 2 unspecified atom stereocenters. The van der Waals surface area contributed by atoms with Gasteiger partial charge in [-0.2, -0.15) is 0 Å². The lowest BCUT2D eigenvalue weighted by Crippen LogP contribution is -2.42. The average molecular weight is 287 g/mol. The Hall–Kier alpha value is -0.750. The van der Waals surface area contributed by atoms with E-state index in [1.165, 1.54) is 19.3 Å². The molecule has 2 fully saturated rings. The third-order valence-electron chi connectivity index (χ3n) is 3.35. The van der Waals surface area contributed by atoms with Crippen molar-refractivity contribution < 1.29 is 14.7 Å². The third-order valence-corrected chi connectivity index (χ3v) is 5.07. The van der Waals surface area contributed by atoms with Gasteiger partial charge in [0.25, 0.3) is 5.91 Å². The van der Waals surface area contributed by atoms with Crippen LogP contribution in [0.15, 0.2) is 0 Å². The molecule has 6 heteroatoms. The third kappa shape index (κ3) is 4.69. The number of piperidine rings is 1. The number of rotatable bonds is 2. The highest BCUT2D eigenvalue weighted by Crippen LogP contribution is 2.35. The van der Waals surface area contributed by atoms with Crippen LogP contribution in [0.2, 0.25) is 0 Å². The number of carboxylic acid groups (broad SMARTS) is 1. The monoisotopic (exact) mass is 287 g/mol. The summed E-state index contributed by atoms with van der Waals surface area (Å²) in [6.45, 7) is 5.33. The predicted molar refractivity (Wildman–Crippen MR) is 74.3 cm³/mol. The number of carbonyl (C=O) groups excluding carboxylic acids is 2. The van der Waals surface area contributed by atoms with E-state index in [9.17, 15) is 4.79 Å². The zero-order valence-electron chi connectivity index (χ0n) is 11.9. The largest absolute Gasteiger partial charge is 0.550 e. The fourth-order valence-electron chi connectivity index (χ4n) is 2.38. The van der Waals surface area contributed by atoms with E-state index in [0.717, 1.165) is 26.4 Å². The molecule has 0 saturated carbocycles. The first kappa shape index (κ1) is 16.3. The van der Waals surface area contributed by atoms with E-state index in [-0.39, 0.29) is 5.37 Å². The fraction of sp³-hybridized carbons (Fsp3) is 0.846. The molecule has 0 N–H and O–H groups in total. The second-order valence-electron chi connectivity index (χ2n) is 4.89. The quantitative estimate of drug-likeness (QED) is 0.740. The number of nitrogens with zero attached hydrogens (tertiary/aromatic N) is 2. The SMILES string of the molecule is CC(=O)[O-].CCC1SC(N2CCCCC2)C(=O)N1C. The van der Waals surface area contributed by atoms with Crippen molar-refractivity contribution >= 4 is 23.6 Å². The number of hydrogen-bond donors (Lipinski definition) is 0. The summed E-state index contributed by atoms with van der Waals surface area (Å²) < 4.78 is 0. The normalized spacial score (nSPS) is 27.9. The van der Waals surface area contributed by atoms with Gasteiger partial charge < -0.3 is 14.8 Å². The van der Waals surface area contributed by atoms with Crippen molar-refractivity contribution in [3.05, 3.63) is 0 Å². The predicted octanol–water partition coefficient (Wildman–Crippen LogP) is 0.496. The van der Waals surface area contributed by atoms with Gasteiger partial charge in [-0.15, -0.1) is 11.8 Å². The summed E-state index contributed by atoms with van der Waals surface area (Å²) in [5, 5.41) is 9.39. The van der Waals surface area contributed by atoms with Crippen molar-refractivity contribution in [2.24, 2.45) is 0 Å². The van der Waals surface area contributed by atoms with Crippen LogP contribution in [0.4, 0.5) is 0 Å². The van der Waals surface area contributed by atoms with Gasteiger partial charge in [-0.3, -0.25) is 9.69 Å². The topological polar surface area (TPSA) is 63.7 Å². The van der Waals surface area contributed by atoms with Crippen molar-refractivity contribution in [2.45, 2.75) is 50.3 Å². The summed E-state index contributed by atoms with van der Waals surface area (Å²) in [7, 11) is 1.94. The molecular formula is C13H23N2O3S-. The van der Waals surface area contributed by atoms with E-state index >= 15 is 0 Å². The van der Waals surface area contributed by atoms with Gasteiger partial charge in [0, 0.05) is 13.0 Å². The Morgan fingerprint density at radius 3 is 2.32 bits per heavy atom. The molecule has 5 nitrogen and oxygen atoms in total. The Balaban J connectivity index is 0.000000399. The molecular weight excluding hydrogens is 264 g/mol.